The molecule has 0 aromatic heterocycles. The van der Waals surface area contributed by atoms with E-state index in [9.17, 15) is 4.79 Å². The lowest BCUT2D eigenvalue weighted by molar-refractivity contribution is 0.0518. The first kappa shape index (κ1) is 16.3. The van der Waals surface area contributed by atoms with Gasteiger partial charge in [0.05, 0.1) is 21.2 Å². The number of rotatable bonds is 3. The fourth-order valence-corrected chi connectivity index (χ4v) is 2.92. The Hall–Kier alpha value is -2.56. The Bertz CT molecular complexity index is 929. The molecule has 0 bridgehead atoms. The van der Waals surface area contributed by atoms with Crippen LogP contribution in [-0.4, -0.2) is 11.8 Å². The minimum atomic E-state index is -0.613. The Morgan fingerprint density at radius 1 is 0.917 bits per heavy atom. The summed E-state index contributed by atoms with van der Waals surface area (Å²) in [6, 6.07) is 17.8. The molecule has 0 aliphatic rings. The second-order valence-electron chi connectivity index (χ2n) is 4.98. The van der Waals surface area contributed by atoms with Crippen molar-refractivity contribution in [2.75, 3.05) is 0 Å². The summed E-state index contributed by atoms with van der Waals surface area (Å²) in [6.45, 7) is 0. The lowest BCUT2D eigenvalue weighted by atomic mass is 10.1. The van der Waals surface area contributed by atoms with Crippen molar-refractivity contribution in [3.63, 3.8) is 0 Å². The summed E-state index contributed by atoms with van der Waals surface area (Å²) < 4.78 is 0. The van der Waals surface area contributed by atoms with Gasteiger partial charge >= 0.3 is 5.97 Å². The number of halogens is 2. The molecular weight excluding hydrogens is 347 g/mol. The summed E-state index contributed by atoms with van der Waals surface area (Å²) in [5, 5.41) is 6.02. The number of benzene rings is 3. The third-order valence-corrected chi connectivity index (χ3v) is 4.09. The lowest BCUT2D eigenvalue weighted by Gasteiger charge is -2.06. The first-order chi connectivity index (χ1) is 11.6. The number of hydrogen-bond acceptors (Lipinski definition) is 3. The fourth-order valence-electron chi connectivity index (χ4n) is 2.33. The Labute approximate surface area is 148 Å². The Balaban J connectivity index is 1.89. The maximum absolute atomic E-state index is 12.3. The molecule has 0 atom stereocenters. The molecule has 24 heavy (non-hydrogen) atoms. The summed E-state index contributed by atoms with van der Waals surface area (Å²) in [5.41, 5.74) is 6.56. The standard InChI is InChI=1S/C18H12Cl2N2O2/c19-14-9-4-10-15(20)16(14)17(21)22-24-18(23)13-8-3-6-11-5-1-2-7-12(11)13/h1-10H,(H2,21,22). The molecule has 6 heteroatoms. The van der Waals surface area contributed by atoms with Crippen molar-refractivity contribution in [2.45, 2.75) is 0 Å². The van der Waals surface area contributed by atoms with Gasteiger partial charge in [-0.15, -0.1) is 0 Å². The van der Waals surface area contributed by atoms with Gasteiger partial charge in [0.25, 0.3) is 0 Å². The molecule has 0 amide bonds. The van der Waals surface area contributed by atoms with Crippen molar-refractivity contribution in [1.29, 1.82) is 0 Å². The minimum Gasteiger partial charge on any atom is -0.380 e. The first-order valence-corrected chi connectivity index (χ1v) is 7.80. The number of nitrogens with zero attached hydrogens (tertiary/aromatic N) is 1. The zero-order valence-corrected chi connectivity index (χ0v) is 13.9. The van der Waals surface area contributed by atoms with Crippen molar-refractivity contribution in [3.05, 3.63) is 81.8 Å². The van der Waals surface area contributed by atoms with E-state index in [1.807, 2.05) is 30.3 Å². The molecule has 0 aliphatic heterocycles. The molecular formula is C18H12Cl2N2O2. The van der Waals surface area contributed by atoms with E-state index >= 15 is 0 Å². The van der Waals surface area contributed by atoms with Crippen molar-refractivity contribution in [1.82, 2.24) is 0 Å². The monoisotopic (exact) mass is 358 g/mol. The van der Waals surface area contributed by atoms with Crippen LogP contribution in [0.4, 0.5) is 0 Å². The number of hydrogen-bond donors (Lipinski definition) is 1. The summed E-state index contributed by atoms with van der Waals surface area (Å²) in [5.74, 6) is -0.683. The quantitative estimate of drug-likeness (QED) is 0.321. The maximum Gasteiger partial charge on any atom is 0.366 e. The largest absolute Gasteiger partial charge is 0.380 e. The van der Waals surface area contributed by atoms with Gasteiger partial charge < -0.3 is 10.6 Å². The Morgan fingerprint density at radius 3 is 2.29 bits per heavy atom. The van der Waals surface area contributed by atoms with Gasteiger partial charge in [-0.2, -0.15) is 0 Å². The normalized spacial score (nSPS) is 11.5. The van der Waals surface area contributed by atoms with Crippen LogP contribution in [0, 0.1) is 0 Å². The number of carbonyl (C=O) groups is 1. The second-order valence-corrected chi connectivity index (χ2v) is 5.79. The molecule has 0 saturated carbocycles. The van der Waals surface area contributed by atoms with Crippen LogP contribution in [-0.2, 0) is 4.84 Å². The van der Waals surface area contributed by atoms with Crippen molar-refractivity contribution < 1.29 is 9.63 Å². The number of carbonyl (C=O) groups excluding carboxylic acids is 1. The zero-order chi connectivity index (χ0) is 17.1. The van der Waals surface area contributed by atoms with Crippen LogP contribution in [0.5, 0.6) is 0 Å². The van der Waals surface area contributed by atoms with Crippen LogP contribution in [0.1, 0.15) is 15.9 Å². The highest BCUT2D eigenvalue weighted by atomic mass is 35.5. The summed E-state index contributed by atoms with van der Waals surface area (Å²) >= 11 is 12.1. The molecule has 3 aromatic rings. The highest BCUT2D eigenvalue weighted by Gasteiger charge is 2.14. The van der Waals surface area contributed by atoms with Crippen molar-refractivity contribution in [2.24, 2.45) is 10.9 Å². The highest BCUT2D eigenvalue weighted by molar-refractivity contribution is 6.39. The summed E-state index contributed by atoms with van der Waals surface area (Å²) in [4.78, 5) is 17.3. The van der Waals surface area contributed by atoms with Gasteiger partial charge in [-0.3, -0.25) is 0 Å². The van der Waals surface area contributed by atoms with Crippen molar-refractivity contribution >= 4 is 45.8 Å². The van der Waals surface area contributed by atoms with E-state index in [4.69, 9.17) is 33.8 Å². The first-order valence-electron chi connectivity index (χ1n) is 7.05. The Kier molecular flexibility index (Phi) is 4.69. The van der Waals surface area contributed by atoms with Gasteiger partial charge in [-0.25, -0.2) is 4.79 Å². The van der Waals surface area contributed by atoms with Crippen LogP contribution in [0.3, 0.4) is 0 Å². The molecule has 0 aliphatic carbocycles. The molecule has 0 fully saturated rings. The number of fused-ring (bicyclic) bond motifs is 1. The zero-order valence-electron chi connectivity index (χ0n) is 12.4. The van der Waals surface area contributed by atoms with Gasteiger partial charge in [0.2, 0.25) is 0 Å². The summed E-state index contributed by atoms with van der Waals surface area (Å²) in [6.07, 6.45) is 0. The topological polar surface area (TPSA) is 64.7 Å². The molecule has 3 aromatic carbocycles. The molecule has 4 nitrogen and oxygen atoms in total. The fraction of sp³-hybridized carbons (Fsp3) is 0. The van der Waals surface area contributed by atoms with Crippen LogP contribution in [0.15, 0.2) is 65.8 Å². The van der Waals surface area contributed by atoms with Crippen LogP contribution < -0.4 is 5.73 Å². The van der Waals surface area contributed by atoms with Gasteiger partial charge in [-0.05, 0) is 29.0 Å². The average molecular weight is 359 g/mol. The molecule has 0 spiro atoms. The van der Waals surface area contributed by atoms with Crippen LogP contribution in [0.2, 0.25) is 10.0 Å². The Morgan fingerprint density at radius 2 is 1.54 bits per heavy atom. The molecule has 3 rings (SSSR count). The van der Waals surface area contributed by atoms with Gasteiger partial charge in [-0.1, -0.05) is 70.8 Å². The van der Waals surface area contributed by atoms with E-state index < -0.39 is 5.97 Å². The smallest absolute Gasteiger partial charge is 0.366 e. The molecule has 0 heterocycles. The highest BCUT2D eigenvalue weighted by Crippen LogP contribution is 2.24. The summed E-state index contributed by atoms with van der Waals surface area (Å²) in [7, 11) is 0. The van der Waals surface area contributed by atoms with Gasteiger partial charge in [0, 0.05) is 0 Å². The average Bonchev–Trinajstić information content (AvgIpc) is 2.59. The maximum atomic E-state index is 12.3. The SMILES string of the molecule is N/C(=N/OC(=O)c1cccc2ccccc12)c1c(Cl)cccc1Cl. The molecule has 0 unspecified atom stereocenters. The second kappa shape index (κ2) is 6.91. The molecule has 120 valence electrons. The van der Waals surface area contributed by atoms with E-state index in [0.29, 0.717) is 21.2 Å². The van der Waals surface area contributed by atoms with E-state index in [0.717, 1.165) is 10.8 Å². The number of oxime groups is 1. The van der Waals surface area contributed by atoms with Gasteiger partial charge in [0.15, 0.2) is 5.84 Å². The van der Waals surface area contributed by atoms with Gasteiger partial charge in [0.1, 0.15) is 0 Å². The molecule has 2 N–H and O–H groups in total. The van der Waals surface area contributed by atoms with E-state index in [1.54, 1.807) is 30.3 Å². The van der Waals surface area contributed by atoms with Crippen LogP contribution in [0.25, 0.3) is 10.8 Å². The van der Waals surface area contributed by atoms with E-state index in [1.165, 1.54) is 0 Å². The molecule has 0 saturated heterocycles. The number of nitrogens with two attached hydrogens (primary N) is 1. The minimum absolute atomic E-state index is 0.0702. The van der Waals surface area contributed by atoms with E-state index in [-0.39, 0.29) is 5.84 Å². The predicted octanol–water partition coefficient (Wildman–Crippen LogP) is 4.62. The third-order valence-electron chi connectivity index (χ3n) is 3.46. The van der Waals surface area contributed by atoms with E-state index in [2.05, 4.69) is 5.16 Å². The number of amidine groups is 1. The lowest BCUT2D eigenvalue weighted by Crippen LogP contribution is -2.16. The van der Waals surface area contributed by atoms with Crippen LogP contribution >= 0.6 is 23.2 Å². The predicted molar refractivity (Wildman–Crippen MR) is 96.5 cm³/mol. The molecule has 0 radical (unpaired) electrons. The third kappa shape index (κ3) is 3.20. The van der Waals surface area contributed by atoms with Crippen molar-refractivity contribution in [3.8, 4) is 0 Å².